The molecular formula is C11H11F2NO2. The van der Waals surface area contributed by atoms with Gasteiger partial charge >= 0.3 is 5.97 Å². The molecule has 1 aromatic carbocycles. The summed E-state index contributed by atoms with van der Waals surface area (Å²) in [5, 5.41) is 12.2. The third-order valence-electron chi connectivity index (χ3n) is 3.04. The number of hydrogen-bond acceptors (Lipinski definition) is 2. The number of halogens is 2. The van der Waals surface area contributed by atoms with E-state index in [9.17, 15) is 18.7 Å². The van der Waals surface area contributed by atoms with Crippen molar-refractivity contribution in [1.29, 1.82) is 0 Å². The molecule has 2 rings (SSSR count). The highest BCUT2D eigenvalue weighted by Crippen LogP contribution is 2.31. The summed E-state index contributed by atoms with van der Waals surface area (Å²) in [7, 11) is 0. The van der Waals surface area contributed by atoms with Crippen molar-refractivity contribution in [3.05, 3.63) is 35.4 Å². The maximum absolute atomic E-state index is 13.1. The van der Waals surface area contributed by atoms with Crippen molar-refractivity contribution in [1.82, 2.24) is 5.32 Å². The highest BCUT2D eigenvalue weighted by atomic mass is 19.2. The van der Waals surface area contributed by atoms with Crippen molar-refractivity contribution in [2.24, 2.45) is 0 Å². The number of benzene rings is 1. The van der Waals surface area contributed by atoms with Crippen LogP contribution in [0.5, 0.6) is 0 Å². The summed E-state index contributed by atoms with van der Waals surface area (Å²) in [5.41, 5.74) is -0.821. The second kappa shape index (κ2) is 3.83. The van der Waals surface area contributed by atoms with E-state index < -0.39 is 23.0 Å². The lowest BCUT2D eigenvalue weighted by Gasteiger charge is -2.23. The van der Waals surface area contributed by atoms with Crippen LogP contribution in [0.15, 0.2) is 18.2 Å². The van der Waals surface area contributed by atoms with Crippen LogP contribution in [0.3, 0.4) is 0 Å². The highest BCUT2D eigenvalue weighted by Gasteiger charge is 2.43. The maximum Gasteiger partial charge on any atom is 0.315 e. The van der Waals surface area contributed by atoms with Gasteiger partial charge in [0, 0.05) is 6.54 Å². The lowest BCUT2D eigenvalue weighted by Crippen LogP contribution is -2.38. The number of hydrogen-bond donors (Lipinski definition) is 2. The van der Waals surface area contributed by atoms with Crippen LogP contribution in [0.2, 0.25) is 0 Å². The Morgan fingerprint density at radius 3 is 2.62 bits per heavy atom. The van der Waals surface area contributed by atoms with Crippen LogP contribution >= 0.6 is 0 Å². The predicted octanol–water partition coefficient (Wildman–Crippen LogP) is 1.28. The van der Waals surface area contributed by atoms with E-state index in [0.717, 1.165) is 12.1 Å². The van der Waals surface area contributed by atoms with Gasteiger partial charge in [-0.25, -0.2) is 8.78 Å². The Kier molecular flexibility index (Phi) is 2.63. The summed E-state index contributed by atoms with van der Waals surface area (Å²) >= 11 is 0. The average molecular weight is 227 g/mol. The third-order valence-corrected chi connectivity index (χ3v) is 3.04. The van der Waals surface area contributed by atoms with Crippen LogP contribution in [-0.2, 0) is 10.2 Å². The molecule has 1 fully saturated rings. The summed E-state index contributed by atoms with van der Waals surface area (Å²) in [6.07, 6.45) is 0.382. The second-order valence-corrected chi connectivity index (χ2v) is 3.94. The minimum absolute atomic E-state index is 0.243. The van der Waals surface area contributed by atoms with Crippen molar-refractivity contribution in [2.75, 3.05) is 13.1 Å². The van der Waals surface area contributed by atoms with E-state index in [2.05, 4.69) is 5.32 Å². The van der Waals surface area contributed by atoms with Crippen LogP contribution in [-0.4, -0.2) is 24.2 Å². The molecule has 0 aliphatic carbocycles. The summed E-state index contributed by atoms with van der Waals surface area (Å²) in [6.45, 7) is 0.804. The molecule has 3 nitrogen and oxygen atoms in total. The molecule has 1 saturated heterocycles. The van der Waals surface area contributed by atoms with E-state index in [-0.39, 0.29) is 6.54 Å². The zero-order valence-corrected chi connectivity index (χ0v) is 8.46. The summed E-state index contributed by atoms with van der Waals surface area (Å²) < 4.78 is 25.9. The number of carboxylic acid groups (broad SMARTS) is 1. The fourth-order valence-electron chi connectivity index (χ4n) is 2.04. The van der Waals surface area contributed by atoms with E-state index >= 15 is 0 Å². The first-order valence-corrected chi connectivity index (χ1v) is 4.96. The van der Waals surface area contributed by atoms with Gasteiger partial charge in [-0.05, 0) is 30.7 Å². The molecule has 2 N–H and O–H groups in total. The second-order valence-electron chi connectivity index (χ2n) is 3.94. The monoisotopic (exact) mass is 227 g/mol. The third kappa shape index (κ3) is 1.57. The van der Waals surface area contributed by atoms with E-state index in [0.29, 0.717) is 18.5 Å². The topological polar surface area (TPSA) is 49.3 Å². The molecule has 0 radical (unpaired) electrons. The zero-order chi connectivity index (χ0) is 11.8. The summed E-state index contributed by atoms with van der Waals surface area (Å²) in [6, 6.07) is 3.27. The number of nitrogens with one attached hydrogen (secondary N) is 1. The molecule has 5 heteroatoms. The summed E-state index contributed by atoms with van der Waals surface area (Å²) in [5.74, 6) is -2.98. The van der Waals surface area contributed by atoms with Crippen molar-refractivity contribution < 1.29 is 18.7 Å². The molecule has 0 bridgehead atoms. The molecule has 1 atom stereocenters. The van der Waals surface area contributed by atoms with Crippen molar-refractivity contribution in [3.63, 3.8) is 0 Å². The normalized spacial score (nSPS) is 24.6. The van der Waals surface area contributed by atoms with Crippen LogP contribution in [0.25, 0.3) is 0 Å². The van der Waals surface area contributed by atoms with Gasteiger partial charge in [0.1, 0.15) is 5.41 Å². The quantitative estimate of drug-likeness (QED) is 0.800. The van der Waals surface area contributed by atoms with Gasteiger partial charge in [-0.2, -0.15) is 0 Å². The molecule has 1 heterocycles. The van der Waals surface area contributed by atoms with E-state index in [1.807, 2.05) is 0 Å². The fourth-order valence-corrected chi connectivity index (χ4v) is 2.04. The number of aliphatic carboxylic acids is 1. The van der Waals surface area contributed by atoms with Crippen LogP contribution in [0.4, 0.5) is 8.78 Å². The minimum Gasteiger partial charge on any atom is -0.481 e. The molecule has 86 valence electrons. The van der Waals surface area contributed by atoms with E-state index in [4.69, 9.17) is 0 Å². The molecule has 0 aromatic heterocycles. The Bertz CT molecular complexity index is 428. The molecule has 0 amide bonds. The van der Waals surface area contributed by atoms with Gasteiger partial charge in [0.15, 0.2) is 11.6 Å². The smallest absolute Gasteiger partial charge is 0.315 e. The fraction of sp³-hybridized carbons (Fsp3) is 0.364. The molecule has 1 aliphatic rings. The van der Waals surface area contributed by atoms with Crippen molar-refractivity contribution in [2.45, 2.75) is 11.8 Å². The van der Waals surface area contributed by atoms with Crippen LogP contribution < -0.4 is 5.32 Å². The van der Waals surface area contributed by atoms with Crippen molar-refractivity contribution >= 4 is 5.97 Å². The molecule has 1 aliphatic heterocycles. The number of carboxylic acids is 1. The van der Waals surface area contributed by atoms with Gasteiger partial charge in [0.05, 0.1) is 0 Å². The van der Waals surface area contributed by atoms with Crippen LogP contribution in [0.1, 0.15) is 12.0 Å². The Morgan fingerprint density at radius 2 is 2.12 bits per heavy atom. The minimum atomic E-state index is -1.13. The lowest BCUT2D eigenvalue weighted by atomic mass is 9.80. The van der Waals surface area contributed by atoms with Gasteiger partial charge < -0.3 is 10.4 Å². The number of carbonyl (C=O) groups is 1. The number of rotatable bonds is 2. The average Bonchev–Trinajstić information content (AvgIpc) is 2.72. The van der Waals surface area contributed by atoms with Gasteiger partial charge in [0.2, 0.25) is 0 Å². The molecule has 0 saturated carbocycles. The molecule has 16 heavy (non-hydrogen) atoms. The first-order chi connectivity index (χ1) is 7.56. The van der Waals surface area contributed by atoms with E-state index in [1.165, 1.54) is 6.07 Å². The molecule has 1 unspecified atom stereocenters. The van der Waals surface area contributed by atoms with E-state index in [1.54, 1.807) is 0 Å². The summed E-state index contributed by atoms with van der Waals surface area (Å²) in [4.78, 5) is 11.3. The zero-order valence-electron chi connectivity index (χ0n) is 8.46. The lowest BCUT2D eigenvalue weighted by molar-refractivity contribution is -0.143. The van der Waals surface area contributed by atoms with Gasteiger partial charge in [0.25, 0.3) is 0 Å². The largest absolute Gasteiger partial charge is 0.481 e. The Morgan fingerprint density at radius 1 is 1.38 bits per heavy atom. The van der Waals surface area contributed by atoms with Gasteiger partial charge in [-0.3, -0.25) is 4.79 Å². The van der Waals surface area contributed by atoms with Crippen LogP contribution in [0, 0.1) is 11.6 Å². The maximum atomic E-state index is 13.1. The SMILES string of the molecule is O=C(O)C1(c2ccc(F)c(F)c2)CCNC1. The van der Waals surface area contributed by atoms with Gasteiger partial charge in [-0.15, -0.1) is 0 Å². The standard InChI is InChI=1S/C11H11F2NO2/c12-8-2-1-7(5-9(8)13)11(10(15)16)3-4-14-6-11/h1-2,5,14H,3-4,6H2,(H,15,16). The first kappa shape index (κ1) is 11.0. The molecule has 0 spiro atoms. The predicted molar refractivity (Wildman–Crippen MR) is 53.2 cm³/mol. The van der Waals surface area contributed by atoms with Crippen molar-refractivity contribution in [3.8, 4) is 0 Å². The Balaban J connectivity index is 2.47. The molecule has 1 aromatic rings. The highest BCUT2D eigenvalue weighted by molar-refractivity contribution is 5.82. The Labute approximate surface area is 91.1 Å². The molecular weight excluding hydrogens is 216 g/mol. The first-order valence-electron chi connectivity index (χ1n) is 4.96. The Hall–Kier alpha value is -1.49. The van der Waals surface area contributed by atoms with Gasteiger partial charge in [-0.1, -0.05) is 6.07 Å².